The summed E-state index contributed by atoms with van der Waals surface area (Å²) in [5.41, 5.74) is 0.450. The third kappa shape index (κ3) is 3.76. The van der Waals surface area contributed by atoms with Crippen LogP contribution in [0.4, 0.5) is 9.18 Å². The van der Waals surface area contributed by atoms with E-state index in [1.807, 2.05) is 11.9 Å². The first-order chi connectivity index (χ1) is 11.9. The van der Waals surface area contributed by atoms with E-state index >= 15 is 0 Å². The Kier molecular flexibility index (Phi) is 4.94. The van der Waals surface area contributed by atoms with Crippen LogP contribution >= 0.6 is 0 Å². The first-order valence-electron chi connectivity index (χ1n) is 8.59. The van der Waals surface area contributed by atoms with Crippen molar-refractivity contribution < 1.29 is 19.1 Å². The van der Waals surface area contributed by atoms with E-state index in [-0.39, 0.29) is 23.8 Å². The van der Waals surface area contributed by atoms with Crippen LogP contribution in [0.2, 0.25) is 0 Å². The zero-order valence-electron chi connectivity index (χ0n) is 14.4. The molecule has 25 heavy (non-hydrogen) atoms. The van der Waals surface area contributed by atoms with Gasteiger partial charge >= 0.3 is 12.0 Å². The summed E-state index contributed by atoms with van der Waals surface area (Å²) in [6.45, 7) is 2.12. The predicted octanol–water partition coefficient (Wildman–Crippen LogP) is 1.91. The highest BCUT2D eigenvalue weighted by Crippen LogP contribution is 2.42. The summed E-state index contributed by atoms with van der Waals surface area (Å²) in [6.07, 6.45) is 2.24. The summed E-state index contributed by atoms with van der Waals surface area (Å²) in [5.74, 6) is -1.10. The number of carbonyl (C=O) groups is 2. The lowest BCUT2D eigenvalue weighted by molar-refractivity contribution is -0.141. The minimum Gasteiger partial charge on any atom is -0.480 e. The fourth-order valence-corrected chi connectivity index (χ4v) is 4.02. The number of likely N-dealkylation sites (tertiary alicyclic amines) is 2. The van der Waals surface area contributed by atoms with Gasteiger partial charge in [-0.05, 0) is 37.8 Å². The van der Waals surface area contributed by atoms with Crippen LogP contribution in [-0.2, 0) is 11.3 Å². The van der Waals surface area contributed by atoms with E-state index in [1.54, 1.807) is 23.1 Å². The maximum atomic E-state index is 13.6. The van der Waals surface area contributed by atoms with Crippen molar-refractivity contribution in [2.24, 2.45) is 5.41 Å². The standard InChI is InChI=1S/C18H24FN3O3/c1-21-12-18(10-15(21)16(23)24)6-8-22(9-7-18)17(25)20-11-13-4-2-3-5-14(13)19/h2-5,15H,6-12H2,1H3,(H,20,25)(H,23,24)/t15-/m1/s1. The van der Waals surface area contributed by atoms with Crippen molar-refractivity contribution in [2.75, 3.05) is 26.7 Å². The number of rotatable bonds is 3. The van der Waals surface area contributed by atoms with E-state index in [9.17, 15) is 19.1 Å². The molecule has 2 fully saturated rings. The van der Waals surface area contributed by atoms with E-state index in [0.29, 0.717) is 25.1 Å². The van der Waals surface area contributed by atoms with Crippen LogP contribution in [0.3, 0.4) is 0 Å². The molecule has 1 aromatic rings. The number of piperidine rings is 1. The van der Waals surface area contributed by atoms with Gasteiger partial charge in [-0.2, -0.15) is 0 Å². The average Bonchev–Trinajstić information content (AvgIpc) is 2.91. The van der Waals surface area contributed by atoms with Gasteiger partial charge in [0.1, 0.15) is 11.9 Å². The molecule has 3 rings (SSSR count). The highest BCUT2D eigenvalue weighted by atomic mass is 19.1. The number of likely N-dealkylation sites (N-methyl/N-ethyl adjacent to an activating group) is 1. The van der Waals surface area contributed by atoms with Crippen molar-refractivity contribution >= 4 is 12.0 Å². The Labute approximate surface area is 146 Å². The van der Waals surface area contributed by atoms with Crippen LogP contribution in [0, 0.1) is 11.2 Å². The van der Waals surface area contributed by atoms with Crippen molar-refractivity contribution in [1.29, 1.82) is 0 Å². The van der Waals surface area contributed by atoms with Crippen molar-refractivity contribution in [2.45, 2.75) is 31.8 Å². The van der Waals surface area contributed by atoms with Crippen LogP contribution in [0.15, 0.2) is 24.3 Å². The number of hydrogen-bond donors (Lipinski definition) is 2. The normalized spacial score (nSPS) is 23.0. The number of carboxylic acids is 1. The fraction of sp³-hybridized carbons (Fsp3) is 0.556. The number of urea groups is 1. The number of nitrogens with zero attached hydrogens (tertiary/aromatic N) is 2. The topological polar surface area (TPSA) is 72.9 Å². The van der Waals surface area contributed by atoms with Gasteiger partial charge in [-0.15, -0.1) is 0 Å². The van der Waals surface area contributed by atoms with E-state index < -0.39 is 12.0 Å². The molecule has 2 aliphatic rings. The van der Waals surface area contributed by atoms with Crippen LogP contribution < -0.4 is 5.32 Å². The zero-order chi connectivity index (χ0) is 18.0. The molecule has 2 saturated heterocycles. The molecule has 2 amide bonds. The highest BCUT2D eigenvalue weighted by molar-refractivity contribution is 5.75. The molecule has 7 heteroatoms. The highest BCUT2D eigenvalue weighted by Gasteiger charge is 2.47. The molecular formula is C18H24FN3O3. The number of carbonyl (C=O) groups excluding carboxylic acids is 1. The summed E-state index contributed by atoms with van der Waals surface area (Å²) in [6, 6.07) is 5.77. The quantitative estimate of drug-likeness (QED) is 0.874. The number of aliphatic carboxylic acids is 1. The number of halogens is 1. The fourth-order valence-electron chi connectivity index (χ4n) is 4.02. The Hall–Kier alpha value is -2.15. The van der Waals surface area contributed by atoms with Gasteiger partial charge in [0.25, 0.3) is 0 Å². The van der Waals surface area contributed by atoms with Crippen LogP contribution in [0.5, 0.6) is 0 Å². The third-order valence-corrected chi connectivity index (χ3v) is 5.53. The smallest absolute Gasteiger partial charge is 0.320 e. The van der Waals surface area contributed by atoms with E-state index in [1.165, 1.54) is 6.07 Å². The first-order valence-corrected chi connectivity index (χ1v) is 8.59. The molecule has 0 radical (unpaired) electrons. The lowest BCUT2D eigenvalue weighted by Crippen LogP contribution is -2.47. The van der Waals surface area contributed by atoms with Crippen molar-refractivity contribution in [3.05, 3.63) is 35.6 Å². The van der Waals surface area contributed by atoms with Crippen LogP contribution in [-0.4, -0.2) is 59.6 Å². The molecule has 0 saturated carbocycles. The maximum Gasteiger partial charge on any atom is 0.320 e. The van der Waals surface area contributed by atoms with Gasteiger partial charge in [0, 0.05) is 31.7 Å². The lowest BCUT2D eigenvalue weighted by Gasteiger charge is -2.39. The largest absolute Gasteiger partial charge is 0.480 e. The Morgan fingerprint density at radius 1 is 1.32 bits per heavy atom. The van der Waals surface area contributed by atoms with Crippen LogP contribution in [0.25, 0.3) is 0 Å². The second-order valence-electron chi connectivity index (χ2n) is 7.21. The van der Waals surface area contributed by atoms with Crippen molar-refractivity contribution in [1.82, 2.24) is 15.1 Å². The molecular weight excluding hydrogens is 325 g/mol. The molecule has 0 unspecified atom stereocenters. The van der Waals surface area contributed by atoms with Crippen molar-refractivity contribution in [3.63, 3.8) is 0 Å². The number of hydrogen-bond acceptors (Lipinski definition) is 3. The summed E-state index contributed by atoms with van der Waals surface area (Å²) < 4.78 is 13.6. The summed E-state index contributed by atoms with van der Waals surface area (Å²) in [4.78, 5) is 27.3. The molecule has 0 bridgehead atoms. The van der Waals surface area contributed by atoms with Crippen molar-refractivity contribution in [3.8, 4) is 0 Å². The molecule has 6 nitrogen and oxygen atoms in total. The van der Waals surface area contributed by atoms with Crippen LogP contribution in [0.1, 0.15) is 24.8 Å². The van der Waals surface area contributed by atoms with Gasteiger partial charge < -0.3 is 15.3 Å². The Morgan fingerprint density at radius 3 is 2.60 bits per heavy atom. The number of benzene rings is 1. The molecule has 0 aromatic heterocycles. The maximum absolute atomic E-state index is 13.6. The summed E-state index contributed by atoms with van der Waals surface area (Å²) in [7, 11) is 1.85. The molecule has 2 heterocycles. The van der Waals surface area contributed by atoms with E-state index in [2.05, 4.69) is 5.32 Å². The van der Waals surface area contributed by atoms with Gasteiger partial charge in [-0.3, -0.25) is 9.69 Å². The predicted molar refractivity (Wildman–Crippen MR) is 90.5 cm³/mol. The van der Waals surface area contributed by atoms with Gasteiger partial charge in [-0.1, -0.05) is 18.2 Å². The zero-order valence-corrected chi connectivity index (χ0v) is 14.4. The molecule has 136 valence electrons. The molecule has 2 aliphatic heterocycles. The second-order valence-corrected chi connectivity index (χ2v) is 7.21. The Morgan fingerprint density at radius 2 is 2.00 bits per heavy atom. The minimum absolute atomic E-state index is 0.0138. The molecule has 0 aliphatic carbocycles. The van der Waals surface area contributed by atoms with Gasteiger partial charge in [0.15, 0.2) is 0 Å². The SMILES string of the molecule is CN1CC2(CCN(C(=O)NCc3ccccc3F)CC2)C[C@@H]1C(=O)O. The van der Waals surface area contributed by atoms with Gasteiger partial charge in [0.2, 0.25) is 0 Å². The minimum atomic E-state index is -0.774. The third-order valence-electron chi connectivity index (χ3n) is 5.53. The average molecular weight is 349 g/mol. The summed E-state index contributed by atoms with van der Waals surface area (Å²) in [5, 5.41) is 12.1. The Balaban J connectivity index is 1.51. The van der Waals surface area contributed by atoms with Gasteiger partial charge in [-0.25, -0.2) is 9.18 Å². The number of nitrogens with one attached hydrogen (secondary N) is 1. The second kappa shape index (κ2) is 7.00. The molecule has 1 spiro atoms. The Bertz CT molecular complexity index is 659. The van der Waals surface area contributed by atoms with E-state index in [4.69, 9.17) is 0 Å². The molecule has 2 N–H and O–H groups in total. The van der Waals surface area contributed by atoms with E-state index in [0.717, 1.165) is 19.4 Å². The number of amides is 2. The van der Waals surface area contributed by atoms with Gasteiger partial charge in [0.05, 0.1) is 0 Å². The molecule has 1 aromatic carbocycles. The first kappa shape index (κ1) is 17.7. The molecule has 1 atom stereocenters. The number of carboxylic acid groups (broad SMARTS) is 1. The lowest BCUT2D eigenvalue weighted by atomic mass is 9.76. The monoisotopic (exact) mass is 349 g/mol. The summed E-state index contributed by atoms with van der Waals surface area (Å²) >= 11 is 0.